The van der Waals surface area contributed by atoms with Gasteiger partial charge < -0.3 is 0 Å². The molecule has 0 N–H and O–H groups in total. The minimum Gasteiger partial charge on any atom is -0.0906 e. The average Bonchev–Trinajstić information content (AvgIpc) is 2.32. The van der Waals surface area contributed by atoms with E-state index in [1.165, 1.54) is 19.3 Å². The average molecular weight is 151 g/mol. The van der Waals surface area contributed by atoms with Gasteiger partial charge in [-0.15, -0.1) is 0 Å². The third-order valence-corrected chi connectivity index (χ3v) is 3.08. The van der Waals surface area contributed by atoms with Gasteiger partial charge in [-0.3, -0.25) is 0 Å². The first-order valence-corrected chi connectivity index (χ1v) is 4.42. The Morgan fingerprint density at radius 2 is 1.73 bits per heavy atom. The number of nitrogens with zero attached hydrogens (tertiary/aromatic N) is 3. The molecule has 2 rings (SSSR count). The summed E-state index contributed by atoms with van der Waals surface area (Å²) in [6.07, 6.45) is 6.46. The second kappa shape index (κ2) is 2.74. The zero-order valence-electron chi connectivity index (χ0n) is 6.61. The number of hydrogen-bond donors (Lipinski definition) is 0. The van der Waals surface area contributed by atoms with E-state index in [4.69, 9.17) is 5.53 Å². The second-order valence-electron chi connectivity index (χ2n) is 3.88. The van der Waals surface area contributed by atoms with Crippen LogP contribution < -0.4 is 0 Å². The molecule has 1 unspecified atom stereocenters. The predicted molar refractivity (Wildman–Crippen MR) is 43.0 cm³/mol. The van der Waals surface area contributed by atoms with Gasteiger partial charge in [-0.05, 0) is 36.6 Å². The van der Waals surface area contributed by atoms with Gasteiger partial charge in [-0.2, -0.15) is 0 Å². The molecule has 0 aromatic heterocycles. The lowest BCUT2D eigenvalue weighted by Crippen LogP contribution is -2.17. The highest BCUT2D eigenvalue weighted by molar-refractivity contribution is 4.88. The fourth-order valence-electron chi connectivity index (χ4n) is 2.64. The number of rotatable bonds is 1. The second-order valence-corrected chi connectivity index (χ2v) is 3.88. The van der Waals surface area contributed by atoms with E-state index >= 15 is 0 Å². The normalized spacial score (nSPS) is 41.6. The van der Waals surface area contributed by atoms with Crippen molar-refractivity contribution in [1.82, 2.24) is 0 Å². The highest BCUT2D eigenvalue weighted by Crippen LogP contribution is 2.42. The van der Waals surface area contributed by atoms with E-state index in [0.717, 1.165) is 24.7 Å². The molecule has 11 heavy (non-hydrogen) atoms. The SMILES string of the molecule is [N-]=[N+]=NC1C[C@H]2CC[C@@H](C1)C2. The van der Waals surface area contributed by atoms with Crippen LogP contribution in [0.3, 0.4) is 0 Å². The Kier molecular flexibility index (Phi) is 1.74. The molecule has 2 fully saturated rings. The van der Waals surface area contributed by atoms with E-state index in [9.17, 15) is 0 Å². The van der Waals surface area contributed by atoms with Crippen LogP contribution in [0, 0.1) is 11.8 Å². The Labute approximate surface area is 66.4 Å². The summed E-state index contributed by atoms with van der Waals surface area (Å²) in [7, 11) is 0. The summed E-state index contributed by atoms with van der Waals surface area (Å²) in [5.41, 5.74) is 8.27. The van der Waals surface area contributed by atoms with Gasteiger partial charge in [0.05, 0.1) is 0 Å². The lowest BCUT2D eigenvalue weighted by Gasteiger charge is -2.23. The quantitative estimate of drug-likeness (QED) is 0.314. The zero-order valence-corrected chi connectivity index (χ0v) is 6.61. The van der Waals surface area contributed by atoms with Gasteiger partial charge in [0.1, 0.15) is 0 Å². The van der Waals surface area contributed by atoms with Gasteiger partial charge in [0.2, 0.25) is 0 Å². The summed E-state index contributed by atoms with van der Waals surface area (Å²) >= 11 is 0. The largest absolute Gasteiger partial charge is 0.0906 e. The Morgan fingerprint density at radius 1 is 1.09 bits per heavy atom. The first kappa shape index (κ1) is 6.99. The Morgan fingerprint density at radius 3 is 2.27 bits per heavy atom. The third-order valence-electron chi connectivity index (χ3n) is 3.08. The maximum absolute atomic E-state index is 8.27. The lowest BCUT2D eigenvalue weighted by molar-refractivity contribution is 0.320. The topological polar surface area (TPSA) is 48.8 Å². The Hall–Kier alpha value is -0.690. The van der Waals surface area contributed by atoms with Gasteiger partial charge in [-0.25, -0.2) is 0 Å². The molecule has 0 saturated heterocycles. The van der Waals surface area contributed by atoms with Gasteiger partial charge >= 0.3 is 0 Å². The van der Waals surface area contributed by atoms with E-state index in [1.54, 1.807) is 0 Å². The molecule has 0 aliphatic heterocycles. The molecule has 2 saturated carbocycles. The standard InChI is InChI=1S/C8H13N3/c9-11-10-8-4-6-1-2-7(3-6)5-8/h6-8H,1-5H2/t6-,7+,8?. The van der Waals surface area contributed by atoms with Crippen molar-refractivity contribution in [3.63, 3.8) is 0 Å². The molecule has 0 aromatic carbocycles. The van der Waals surface area contributed by atoms with Gasteiger partial charge in [-0.1, -0.05) is 18.0 Å². The Bertz CT molecular complexity index is 184. The van der Waals surface area contributed by atoms with Gasteiger partial charge in [0.25, 0.3) is 0 Å². The van der Waals surface area contributed by atoms with Crippen molar-refractivity contribution in [2.24, 2.45) is 17.0 Å². The van der Waals surface area contributed by atoms with Gasteiger partial charge in [0, 0.05) is 11.0 Å². The van der Waals surface area contributed by atoms with Crippen molar-refractivity contribution in [2.75, 3.05) is 0 Å². The fourth-order valence-corrected chi connectivity index (χ4v) is 2.64. The number of azide groups is 1. The van der Waals surface area contributed by atoms with Crippen molar-refractivity contribution in [3.8, 4) is 0 Å². The molecular weight excluding hydrogens is 138 g/mol. The molecule has 0 aromatic rings. The van der Waals surface area contributed by atoms with Crippen LogP contribution in [0.15, 0.2) is 5.11 Å². The molecular formula is C8H13N3. The minimum absolute atomic E-state index is 0.325. The summed E-state index contributed by atoms with van der Waals surface area (Å²) in [4.78, 5) is 2.88. The molecule has 60 valence electrons. The highest BCUT2D eigenvalue weighted by atomic mass is 15.1. The maximum atomic E-state index is 8.27. The summed E-state index contributed by atoms with van der Waals surface area (Å²) in [6.45, 7) is 0. The van der Waals surface area contributed by atoms with Crippen LogP contribution in [-0.4, -0.2) is 6.04 Å². The van der Waals surface area contributed by atoms with E-state index in [-0.39, 0.29) is 0 Å². The van der Waals surface area contributed by atoms with Crippen LogP contribution in [0.5, 0.6) is 0 Å². The number of hydrogen-bond acceptors (Lipinski definition) is 1. The van der Waals surface area contributed by atoms with E-state index in [0.29, 0.717) is 6.04 Å². The van der Waals surface area contributed by atoms with Crippen molar-refractivity contribution >= 4 is 0 Å². The van der Waals surface area contributed by atoms with Crippen LogP contribution in [-0.2, 0) is 0 Å². The monoisotopic (exact) mass is 151 g/mol. The summed E-state index contributed by atoms with van der Waals surface area (Å²) in [6, 6.07) is 0.325. The highest BCUT2D eigenvalue weighted by Gasteiger charge is 2.33. The predicted octanol–water partition coefficient (Wildman–Crippen LogP) is 2.88. The molecule has 0 radical (unpaired) electrons. The molecule has 2 bridgehead atoms. The first-order valence-electron chi connectivity index (χ1n) is 4.42. The van der Waals surface area contributed by atoms with Crippen LogP contribution in [0.25, 0.3) is 10.4 Å². The van der Waals surface area contributed by atoms with E-state index in [1.807, 2.05) is 0 Å². The summed E-state index contributed by atoms with van der Waals surface area (Å²) < 4.78 is 0. The summed E-state index contributed by atoms with van der Waals surface area (Å²) in [5.74, 6) is 1.76. The fraction of sp³-hybridized carbons (Fsp3) is 1.00. The zero-order chi connectivity index (χ0) is 7.68. The van der Waals surface area contributed by atoms with Crippen LogP contribution in [0.4, 0.5) is 0 Å². The van der Waals surface area contributed by atoms with E-state index < -0.39 is 0 Å². The van der Waals surface area contributed by atoms with Crippen LogP contribution in [0.2, 0.25) is 0 Å². The van der Waals surface area contributed by atoms with Crippen molar-refractivity contribution in [1.29, 1.82) is 0 Å². The molecule has 2 aliphatic carbocycles. The minimum atomic E-state index is 0.325. The first-order chi connectivity index (χ1) is 5.38. The molecule has 0 spiro atoms. The number of fused-ring (bicyclic) bond motifs is 2. The van der Waals surface area contributed by atoms with Crippen molar-refractivity contribution in [3.05, 3.63) is 10.4 Å². The molecule has 3 atom stereocenters. The third kappa shape index (κ3) is 1.33. The maximum Gasteiger partial charge on any atom is 0.0379 e. The lowest BCUT2D eigenvalue weighted by atomic mass is 9.86. The molecule has 0 amide bonds. The molecule has 0 heterocycles. The van der Waals surface area contributed by atoms with Crippen molar-refractivity contribution in [2.45, 2.75) is 38.1 Å². The summed E-state index contributed by atoms with van der Waals surface area (Å²) in [5, 5.41) is 3.80. The molecule has 3 heteroatoms. The smallest absolute Gasteiger partial charge is 0.0379 e. The van der Waals surface area contributed by atoms with Crippen molar-refractivity contribution < 1.29 is 0 Å². The molecule has 2 aliphatic rings. The van der Waals surface area contributed by atoms with Crippen LogP contribution in [0.1, 0.15) is 32.1 Å². The Balaban J connectivity index is 2.02. The van der Waals surface area contributed by atoms with Crippen LogP contribution >= 0.6 is 0 Å². The molecule has 3 nitrogen and oxygen atoms in total. The van der Waals surface area contributed by atoms with E-state index in [2.05, 4.69) is 10.0 Å². The van der Waals surface area contributed by atoms with Gasteiger partial charge in [0.15, 0.2) is 0 Å².